The van der Waals surface area contributed by atoms with E-state index < -0.39 is 0 Å². The Labute approximate surface area is 101 Å². The van der Waals surface area contributed by atoms with E-state index in [1.54, 1.807) is 12.3 Å². The van der Waals surface area contributed by atoms with Gasteiger partial charge >= 0.3 is 0 Å². The highest BCUT2D eigenvalue weighted by Gasteiger charge is 2.30. The molecule has 1 saturated carbocycles. The second kappa shape index (κ2) is 4.71. The molecule has 1 aliphatic carbocycles. The molecule has 2 rings (SSSR count). The van der Waals surface area contributed by atoms with Crippen LogP contribution < -0.4 is 4.90 Å². The van der Waals surface area contributed by atoms with E-state index in [0.29, 0.717) is 16.6 Å². The first kappa shape index (κ1) is 11.2. The van der Waals surface area contributed by atoms with Crippen molar-refractivity contribution in [1.82, 2.24) is 4.98 Å². The Bertz CT molecular complexity index is 421. The molecule has 3 nitrogen and oxygen atoms in total. The third kappa shape index (κ3) is 2.12. The quantitative estimate of drug-likeness (QED) is 0.806. The molecule has 0 radical (unpaired) electrons. The van der Waals surface area contributed by atoms with Gasteiger partial charge in [-0.3, -0.25) is 0 Å². The molecule has 1 heterocycles. The summed E-state index contributed by atoms with van der Waals surface area (Å²) < 4.78 is 0. The molecule has 1 aromatic rings. The molecule has 0 saturated heterocycles. The minimum atomic E-state index is 0.491. The van der Waals surface area contributed by atoms with Crippen LogP contribution in [0.15, 0.2) is 12.3 Å². The van der Waals surface area contributed by atoms with Gasteiger partial charge in [-0.15, -0.1) is 0 Å². The van der Waals surface area contributed by atoms with Crippen LogP contribution in [-0.4, -0.2) is 17.6 Å². The van der Waals surface area contributed by atoms with Crippen molar-refractivity contribution in [3.05, 3.63) is 22.8 Å². The molecule has 0 N–H and O–H groups in total. The van der Waals surface area contributed by atoms with Gasteiger partial charge in [0.05, 0.1) is 5.56 Å². The molecule has 1 aliphatic rings. The first-order chi connectivity index (χ1) is 7.77. The van der Waals surface area contributed by atoms with Gasteiger partial charge in [0.15, 0.2) is 0 Å². The summed E-state index contributed by atoms with van der Waals surface area (Å²) in [4.78, 5) is 6.54. The Morgan fingerprint density at radius 1 is 1.62 bits per heavy atom. The van der Waals surface area contributed by atoms with E-state index in [1.807, 2.05) is 0 Å². The second-order valence-corrected chi connectivity index (χ2v) is 4.41. The standard InChI is InChI=1S/C12H14ClN3/c1-2-7-16(10-3-4-10)12-11(13)9(8-14)5-6-15-12/h5-6,10H,2-4,7H2,1H3. The average molecular weight is 236 g/mol. The Balaban J connectivity index is 2.33. The number of halogens is 1. The topological polar surface area (TPSA) is 39.9 Å². The van der Waals surface area contributed by atoms with Crippen molar-refractivity contribution < 1.29 is 0 Å². The summed E-state index contributed by atoms with van der Waals surface area (Å²) in [6.45, 7) is 3.09. The van der Waals surface area contributed by atoms with Gasteiger partial charge in [0, 0.05) is 18.8 Å². The van der Waals surface area contributed by atoms with Crippen LogP contribution in [0.25, 0.3) is 0 Å². The SMILES string of the molecule is CCCN(c1nccc(C#N)c1Cl)C1CC1. The number of pyridine rings is 1. The molecule has 4 heteroatoms. The van der Waals surface area contributed by atoms with Crippen molar-refractivity contribution in [3.8, 4) is 6.07 Å². The van der Waals surface area contributed by atoms with E-state index in [2.05, 4.69) is 22.9 Å². The summed E-state index contributed by atoms with van der Waals surface area (Å²) in [5.41, 5.74) is 0.508. The first-order valence-electron chi connectivity index (χ1n) is 5.59. The lowest BCUT2D eigenvalue weighted by Gasteiger charge is -2.23. The number of rotatable bonds is 4. The first-order valence-corrected chi connectivity index (χ1v) is 5.97. The fourth-order valence-electron chi connectivity index (χ4n) is 1.81. The van der Waals surface area contributed by atoms with Gasteiger partial charge in [-0.1, -0.05) is 18.5 Å². The highest BCUT2D eigenvalue weighted by Crippen LogP contribution is 2.35. The monoisotopic (exact) mass is 235 g/mol. The van der Waals surface area contributed by atoms with Crippen LogP contribution in [0.5, 0.6) is 0 Å². The van der Waals surface area contributed by atoms with E-state index in [-0.39, 0.29) is 0 Å². The molecule has 84 valence electrons. The highest BCUT2D eigenvalue weighted by molar-refractivity contribution is 6.34. The summed E-state index contributed by atoms with van der Waals surface area (Å²) >= 11 is 6.18. The second-order valence-electron chi connectivity index (χ2n) is 4.03. The van der Waals surface area contributed by atoms with Gasteiger partial charge in [0.25, 0.3) is 0 Å². The molecule has 0 aliphatic heterocycles. The highest BCUT2D eigenvalue weighted by atomic mass is 35.5. The lowest BCUT2D eigenvalue weighted by Crippen LogP contribution is -2.27. The summed E-state index contributed by atoms with van der Waals surface area (Å²) in [6, 6.07) is 4.32. The number of nitrogens with zero attached hydrogens (tertiary/aromatic N) is 3. The predicted molar refractivity (Wildman–Crippen MR) is 64.6 cm³/mol. The third-order valence-electron chi connectivity index (χ3n) is 2.72. The van der Waals surface area contributed by atoms with Gasteiger partial charge in [0.2, 0.25) is 0 Å². The van der Waals surface area contributed by atoms with Crippen LogP contribution in [-0.2, 0) is 0 Å². The fraction of sp³-hybridized carbons (Fsp3) is 0.500. The minimum Gasteiger partial charge on any atom is -0.352 e. The summed E-state index contributed by atoms with van der Waals surface area (Å²) in [6.07, 6.45) is 5.12. The summed E-state index contributed by atoms with van der Waals surface area (Å²) in [5.74, 6) is 0.769. The number of anilines is 1. The Morgan fingerprint density at radius 3 is 2.94 bits per heavy atom. The molecule has 0 atom stereocenters. The zero-order valence-corrected chi connectivity index (χ0v) is 10.0. The minimum absolute atomic E-state index is 0.491. The largest absolute Gasteiger partial charge is 0.352 e. The van der Waals surface area contributed by atoms with Crippen molar-refractivity contribution in [2.75, 3.05) is 11.4 Å². The van der Waals surface area contributed by atoms with Crippen LogP contribution in [0.1, 0.15) is 31.7 Å². The maximum atomic E-state index is 8.93. The molecule has 0 aromatic carbocycles. The van der Waals surface area contributed by atoms with Crippen molar-refractivity contribution >= 4 is 17.4 Å². The van der Waals surface area contributed by atoms with Gasteiger partial charge in [-0.05, 0) is 25.3 Å². The molecule has 0 unspecified atom stereocenters. The van der Waals surface area contributed by atoms with Crippen LogP contribution in [0.4, 0.5) is 5.82 Å². The number of hydrogen-bond acceptors (Lipinski definition) is 3. The molecular weight excluding hydrogens is 222 g/mol. The molecule has 0 bridgehead atoms. The van der Waals surface area contributed by atoms with Crippen molar-refractivity contribution in [3.63, 3.8) is 0 Å². The van der Waals surface area contributed by atoms with Gasteiger partial charge in [0.1, 0.15) is 16.9 Å². The maximum Gasteiger partial charge on any atom is 0.148 e. The lowest BCUT2D eigenvalue weighted by atomic mass is 10.2. The normalized spacial score (nSPS) is 14.6. The molecule has 0 amide bonds. The lowest BCUT2D eigenvalue weighted by molar-refractivity contribution is 0.750. The van der Waals surface area contributed by atoms with E-state index in [1.165, 1.54) is 12.8 Å². The average Bonchev–Trinajstić information content (AvgIpc) is 3.11. The molecule has 0 spiro atoms. The van der Waals surface area contributed by atoms with E-state index >= 15 is 0 Å². The number of hydrogen-bond donors (Lipinski definition) is 0. The van der Waals surface area contributed by atoms with Crippen molar-refractivity contribution in [2.45, 2.75) is 32.2 Å². The van der Waals surface area contributed by atoms with E-state index in [9.17, 15) is 0 Å². The van der Waals surface area contributed by atoms with E-state index in [0.717, 1.165) is 18.8 Å². The van der Waals surface area contributed by atoms with Crippen molar-refractivity contribution in [1.29, 1.82) is 5.26 Å². The Hall–Kier alpha value is -1.27. The maximum absolute atomic E-state index is 8.93. The van der Waals surface area contributed by atoms with Gasteiger partial charge in [-0.25, -0.2) is 4.98 Å². The van der Waals surface area contributed by atoms with Crippen LogP contribution in [0.3, 0.4) is 0 Å². The summed E-state index contributed by atoms with van der Waals surface area (Å²) in [5, 5.41) is 9.42. The van der Waals surface area contributed by atoms with Crippen LogP contribution >= 0.6 is 11.6 Å². The van der Waals surface area contributed by atoms with Gasteiger partial charge in [-0.2, -0.15) is 5.26 Å². The van der Waals surface area contributed by atoms with Crippen molar-refractivity contribution in [2.24, 2.45) is 0 Å². The fourth-order valence-corrected chi connectivity index (χ4v) is 2.07. The number of nitriles is 1. The van der Waals surface area contributed by atoms with Gasteiger partial charge < -0.3 is 4.90 Å². The zero-order valence-electron chi connectivity index (χ0n) is 9.28. The molecular formula is C12H14ClN3. The Morgan fingerprint density at radius 2 is 2.38 bits per heavy atom. The van der Waals surface area contributed by atoms with Crippen LogP contribution in [0.2, 0.25) is 5.02 Å². The Kier molecular flexibility index (Phi) is 3.31. The molecule has 1 fully saturated rings. The predicted octanol–water partition coefficient (Wildman–Crippen LogP) is 2.99. The molecule has 1 aromatic heterocycles. The summed E-state index contributed by atoms with van der Waals surface area (Å²) in [7, 11) is 0. The molecule has 16 heavy (non-hydrogen) atoms. The van der Waals surface area contributed by atoms with Crippen LogP contribution in [0, 0.1) is 11.3 Å². The van der Waals surface area contributed by atoms with E-state index in [4.69, 9.17) is 16.9 Å². The smallest absolute Gasteiger partial charge is 0.148 e. The third-order valence-corrected chi connectivity index (χ3v) is 3.09. The number of aromatic nitrogens is 1. The zero-order chi connectivity index (χ0) is 11.5.